The van der Waals surface area contributed by atoms with E-state index in [2.05, 4.69) is 20.1 Å². The molecular formula is C14H9ClF3N5. The van der Waals surface area contributed by atoms with Gasteiger partial charge in [0.1, 0.15) is 11.0 Å². The minimum absolute atomic E-state index is 0.0149. The molecular weight excluding hydrogens is 331 g/mol. The third-order valence-electron chi connectivity index (χ3n) is 3.88. The van der Waals surface area contributed by atoms with Crippen molar-refractivity contribution in [1.29, 1.82) is 0 Å². The van der Waals surface area contributed by atoms with Gasteiger partial charge in [0.25, 0.3) is 0 Å². The van der Waals surface area contributed by atoms with E-state index < -0.39 is 11.7 Å². The Labute approximate surface area is 133 Å². The second-order valence-corrected chi connectivity index (χ2v) is 5.78. The Hall–Kier alpha value is -2.22. The van der Waals surface area contributed by atoms with E-state index in [1.54, 1.807) is 16.9 Å². The van der Waals surface area contributed by atoms with Crippen molar-refractivity contribution in [2.24, 2.45) is 0 Å². The molecule has 0 N–H and O–H groups in total. The van der Waals surface area contributed by atoms with Crippen molar-refractivity contribution >= 4 is 17.2 Å². The molecule has 3 aromatic rings. The number of imidazole rings is 1. The van der Waals surface area contributed by atoms with Crippen LogP contribution in [0.3, 0.4) is 0 Å². The zero-order valence-corrected chi connectivity index (χ0v) is 12.3. The second kappa shape index (κ2) is 4.89. The standard InChI is InChI=1S/C14H9ClF3N5/c15-11-6-23-13(22-11)8(1-2-21-23)9-3-10(9)12-19-4-7(5-20-12)14(16,17)18/h1-2,4-6,9-10H,3H2/t9?,10-/m0/s1. The van der Waals surface area contributed by atoms with Crippen LogP contribution in [0.1, 0.15) is 35.2 Å². The lowest BCUT2D eigenvalue weighted by Gasteiger charge is -2.06. The Kier molecular flexibility index (Phi) is 3.06. The first-order valence-corrected chi connectivity index (χ1v) is 7.20. The number of hydrogen-bond acceptors (Lipinski definition) is 4. The van der Waals surface area contributed by atoms with E-state index in [1.165, 1.54) is 0 Å². The summed E-state index contributed by atoms with van der Waals surface area (Å²) in [5.74, 6) is 0.505. The molecule has 1 fully saturated rings. The van der Waals surface area contributed by atoms with Crippen molar-refractivity contribution in [3.8, 4) is 0 Å². The summed E-state index contributed by atoms with van der Waals surface area (Å²) in [6.45, 7) is 0. The van der Waals surface area contributed by atoms with Gasteiger partial charge in [-0.2, -0.15) is 18.3 Å². The van der Waals surface area contributed by atoms with Gasteiger partial charge in [0.05, 0.1) is 11.8 Å². The summed E-state index contributed by atoms with van der Waals surface area (Å²) in [6.07, 6.45) is 1.23. The fraction of sp³-hybridized carbons (Fsp3) is 0.286. The van der Waals surface area contributed by atoms with Crippen molar-refractivity contribution in [3.05, 3.63) is 53.0 Å². The monoisotopic (exact) mass is 339 g/mol. The summed E-state index contributed by atoms with van der Waals surface area (Å²) in [5, 5.41) is 4.46. The molecule has 5 nitrogen and oxygen atoms in total. The average molecular weight is 340 g/mol. The predicted molar refractivity (Wildman–Crippen MR) is 75.1 cm³/mol. The Morgan fingerprint density at radius 2 is 1.91 bits per heavy atom. The largest absolute Gasteiger partial charge is 0.419 e. The highest BCUT2D eigenvalue weighted by atomic mass is 35.5. The van der Waals surface area contributed by atoms with Gasteiger partial charge in [-0.15, -0.1) is 0 Å². The number of halogens is 4. The Morgan fingerprint density at radius 1 is 1.17 bits per heavy atom. The van der Waals surface area contributed by atoms with Crippen LogP contribution in [0.4, 0.5) is 13.2 Å². The smallest absolute Gasteiger partial charge is 0.240 e. The van der Waals surface area contributed by atoms with Gasteiger partial charge in [-0.05, 0) is 18.4 Å². The molecule has 0 saturated heterocycles. The first kappa shape index (κ1) is 14.4. The van der Waals surface area contributed by atoms with Crippen LogP contribution in [0.25, 0.3) is 5.65 Å². The first-order chi connectivity index (χ1) is 10.9. The fourth-order valence-corrected chi connectivity index (χ4v) is 2.85. The molecule has 0 aromatic carbocycles. The molecule has 1 saturated carbocycles. The molecule has 0 spiro atoms. The van der Waals surface area contributed by atoms with E-state index in [4.69, 9.17) is 11.6 Å². The minimum atomic E-state index is -4.43. The van der Waals surface area contributed by atoms with E-state index >= 15 is 0 Å². The van der Waals surface area contributed by atoms with E-state index in [9.17, 15) is 13.2 Å². The summed E-state index contributed by atoms with van der Waals surface area (Å²) in [7, 11) is 0. The number of hydrogen-bond donors (Lipinski definition) is 0. The lowest BCUT2D eigenvalue weighted by Crippen LogP contribution is -2.07. The molecule has 4 rings (SSSR count). The van der Waals surface area contributed by atoms with E-state index in [0.29, 0.717) is 16.6 Å². The lowest BCUT2D eigenvalue weighted by molar-refractivity contribution is -0.138. The molecule has 1 aliphatic rings. The van der Waals surface area contributed by atoms with Crippen LogP contribution in [-0.2, 0) is 6.18 Å². The van der Waals surface area contributed by atoms with E-state index in [-0.39, 0.29) is 11.8 Å². The van der Waals surface area contributed by atoms with Crippen molar-refractivity contribution in [1.82, 2.24) is 24.6 Å². The molecule has 0 radical (unpaired) electrons. The number of fused-ring (bicyclic) bond motifs is 1. The first-order valence-electron chi connectivity index (χ1n) is 6.82. The van der Waals surface area contributed by atoms with E-state index in [0.717, 1.165) is 24.4 Å². The molecule has 0 amide bonds. The summed E-state index contributed by atoms with van der Waals surface area (Å²) in [6, 6.07) is 1.84. The van der Waals surface area contributed by atoms with Crippen molar-refractivity contribution in [2.45, 2.75) is 24.4 Å². The second-order valence-electron chi connectivity index (χ2n) is 5.39. The molecule has 2 atom stereocenters. The van der Waals surface area contributed by atoms with Crippen LogP contribution in [0, 0.1) is 0 Å². The molecule has 9 heteroatoms. The van der Waals surface area contributed by atoms with Crippen LogP contribution in [0.5, 0.6) is 0 Å². The van der Waals surface area contributed by atoms with Crippen molar-refractivity contribution in [3.63, 3.8) is 0 Å². The quantitative estimate of drug-likeness (QED) is 0.717. The maximum atomic E-state index is 12.5. The number of nitrogens with zero attached hydrogens (tertiary/aromatic N) is 5. The Morgan fingerprint density at radius 3 is 2.61 bits per heavy atom. The third kappa shape index (κ3) is 2.52. The van der Waals surface area contributed by atoms with Crippen molar-refractivity contribution < 1.29 is 13.2 Å². The molecule has 3 heterocycles. The topological polar surface area (TPSA) is 56.0 Å². The van der Waals surface area contributed by atoms with Crippen LogP contribution in [0.15, 0.2) is 30.9 Å². The zero-order chi connectivity index (χ0) is 16.2. The van der Waals surface area contributed by atoms with Crippen LogP contribution >= 0.6 is 11.6 Å². The average Bonchev–Trinajstić information content (AvgIpc) is 3.20. The SMILES string of the molecule is FC(F)(F)c1cnc([C@H]2CC2c2ccnn3cc(Cl)nc23)nc1. The molecule has 0 aliphatic heterocycles. The van der Waals surface area contributed by atoms with Crippen LogP contribution < -0.4 is 0 Å². The Bertz CT molecular complexity index is 874. The van der Waals surface area contributed by atoms with Gasteiger partial charge in [0, 0.05) is 30.1 Å². The minimum Gasteiger partial charge on any atom is -0.240 e. The Balaban J connectivity index is 1.62. The van der Waals surface area contributed by atoms with Gasteiger partial charge in [0.15, 0.2) is 5.65 Å². The molecule has 1 unspecified atom stereocenters. The number of rotatable bonds is 2. The van der Waals surface area contributed by atoms with Crippen LogP contribution in [-0.4, -0.2) is 24.6 Å². The predicted octanol–water partition coefficient (Wildman–Crippen LogP) is 3.46. The van der Waals surface area contributed by atoms with Gasteiger partial charge < -0.3 is 0 Å². The van der Waals surface area contributed by atoms with E-state index in [1.807, 2.05) is 6.07 Å². The maximum absolute atomic E-state index is 12.5. The highest BCUT2D eigenvalue weighted by Gasteiger charge is 2.43. The van der Waals surface area contributed by atoms with Gasteiger partial charge >= 0.3 is 6.18 Å². The molecule has 3 aromatic heterocycles. The highest BCUT2D eigenvalue weighted by molar-refractivity contribution is 6.29. The highest BCUT2D eigenvalue weighted by Crippen LogP contribution is 2.54. The fourth-order valence-electron chi connectivity index (χ4n) is 2.68. The van der Waals surface area contributed by atoms with Gasteiger partial charge in [0.2, 0.25) is 0 Å². The van der Waals surface area contributed by atoms with Crippen molar-refractivity contribution in [2.75, 3.05) is 0 Å². The van der Waals surface area contributed by atoms with Gasteiger partial charge in [-0.25, -0.2) is 19.5 Å². The molecule has 23 heavy (non-hydrogen) atoms. The molecule has 0 bridgehead atoms. The maximum Gasteiger partial charge on any atom is 0.419 e. The van der Waals surface area contributed by atoms with Crippen LogP contribution in [0.2, 0.25) is 5.15 Å². The third-order valence-corrected chi connectivity index (χ3v) is 4.06. The number of aromatic nitrogens is 5. The summed E-state index contributed by atoms with van der Waals surface area (Å²) in [4.78, 5) is 12.0. The summed E-state index contributed by atoms with van der Waals surface area (Å²) < 4.78 is 39.2. The molecule has 118 valence electrons. The zero-order valence-electron chi connectivity index (χ0n) is 11.5. The lowest BCUT2D eigenvalue weighted by atomic mass is 10.1. The van der Waals surface area contributed by atoms with Gasteiger partial charge in [-0.3, -0.25) is 0 Å². The molecule has 1 aliphatic carbocycles. The summed E-state index contributed by atoms with van der Waals surface area (Å²) >= 11 is 5.89. The number of alkyl halides is 3. The van der Waals surface area contributed by atoms with Gasteiger partial charge in [-0.1, -0.05) is 11.6 Å². The summed E-state index contributed by atoms with van der Waals surface area (Å²) in [5.41, 5.74) is 0.752. The normalized spacial score (nSPS) is 20.9.